The highest BCUT2D eigenvalue weighted by Gasteiger charge is 2.20. The van der Waals surface area contributed by atoms with Crippen molar-refractivity contribution in [3.63, 3.8) is 0 Å². The van der Waals surface area contributed by atoms with Crippen molar-refractivity contribution < 1.29 is 14.2 Å². The van der Waals surface area contributed by atoms with Crippen molar-refractivity contribution in [2.75, 3.05) is 44.2 Å². The second-order valence-electron chi connectivity index (χ2n) is 6.95. The number of ether oxygens (including phenoxy) is 1. The molecule has 1 N–H and O–H groups in total. The number of piperazine rings is 1. The van der Waals surface area contributed by atoms with Crippen LogP contribution in [0.3, 0.4) is 0 Å². The van der Waals surface area contributed by atoms with E-state index in [1.807, 2.05) is 44.2 Å². The molecular weight excluding hydrogens is 331 g/mol. The Bertz CT molecular complexity index is 692. The molecule has 0 radical (unpaired) electrons. The molecule has 3 rings (SSSR count). The van der Waals surface area contributed by atoms with Gasteiger partial charge < -0.3 is 14.7 Å². The molecule has 1 aliphatic heterocycles. The van der Waals surface area contributed by atoms with Crippen molar-refractivity contribution in [2.24, 2.45) is 0 Å². The number of para-hydroxylation sites is 1. The van der Waals surface area contributed by atoms with Gasteiger partial charge in [0.1, 0.15) is 24.3 Å². The standard InChI is InChI=1S/C21H27FN2O2/c1-16-4-3-5-17(2)21(16)26-15-20(25)14-23-10-12-24(13-11-23)19-8-6-18(22)7-9-19/h3-9,20,25H,10-15H2,1-2H3. The van der Waals surface area contributed by atoms with E-state index >= 15 is 0 Å². The van der Waals surface area contributed by atoms with Crippen LogP contribution < -0.4 is 9.64 Å². The Hall–Kier alpha value is -2.11. The summed E-state index contributed by atoms with van der Waals surface area (Å²) in [6.45, 7) is 8.42. The minimum Gasteiger partial charge on any atom is -0.490 e. The lowest BCUT2D eigenvalue weighted by Crippen LogP contribution is -2.49. The minimum absolute atomic E-state index is 0.209. The Morgan fingerprint density at radius 2 is 1.62 bits per heavy atom. The first-order valence-electron chi connectivity index (χ1n) is 9.13. The number of halogens is 1. The van der Waals surface area contributed by atoms with Crippen LogP contribution in [-0.2, 0) is 0 Å². The molecule has 0 amide bonds. The molecule has 140 valence electrons. The van der Waals surface area contributed by atoms with E-state index in [2.05, 4.69) is 9.80 Å². The number of rotatable bonds is 6. The number of benzene rings is 2. The topological polar surface area (TPSA) is 35.9 Å². The third-order valence-corrected chi connectivity index (χ3v) is 4.86. The fourth-order valence-corrected chi connectivity index (χ4v) is 3.40. The maximum atomic E-state index is 13.0. The number of hydrogen-bond acceptors (Lipinski definition) is 4. The summed E-state index contributed by atoms with van der Waals surface area (Å²) < 4.78 is 18.9. The molecule has 4 nitrogen and oxygen atoms in total. The van der Waals surface area contributed by atoms with E-state index in [0.717, 1.165) is 48.7 Å². The quantitative estimate of drug-likeness (QED) is 0.861. The lowest BCUT2D eigenvalue weighted by Gasteiger charge is -2.36. The normalized spacial score (nSPS) is 16.5. The summed E-state index contributed by atoms with van der Waals surface area (Å²) in [4.78, 5) is 4.49. The third kappa shape index (κ3) is 4.74. The van der Waals surface area contributed by atoms with Gasteiger partial charge in [0.15, 0.2) is 0 Å². The van der Waals surface area contributed by atoms with Crippen LogP contribution in [0.1, 0.15) is 11.1 Å². The van der Waals surface area contributed by atoms with Crippen LogP contribution in [0.4, 0.5) is 10.1 Å². The molecule has 0 spiro atoms. The van der Waals surface area contributed by atoms with Crippen LogP contribution in [0, 0.1) is 19.7 Å². The van der Waals surface area contributed by atoms with Crippen molar-refractivity contribution in [1.29, 1.82) is 0 Å². The van der Waals surface area contributed by atoms with Crippen LogP contribution in [-0.4, -0.2) is 55.4 Å². The molecule has 1 aliphatic rings. The van der Waals surface area contributed by atoms with Gasteiger partial charge in [0.25, 0.3) is 0 Å². The maximum Gasteiger partial charge on any atom is 0.125 e. The minimum atomic E-state index is -0.522. The molecule has 1 heterocycles. The Morgan fingerprint density at radius 1 is 1.00 bits per heavy atom. The number of aliphatic hydroxyl groups is 1. The highest BCUT2D eigenvalue weighted by molar-refractivity contribution is 5.46. The number of aliphatic hydroxyl groups excluding tert-OH is 1. The van der Waals surface area contributed by atoms with Gasteiger partial charge in [-0.1, -0.05) is 18.2 Å². The Morgan fingerprint density at radius 3 is 2.23 bits per heavy atom. The van der Waals surface area contributed by atoms with Gasteiger partial charge >= 0.3 is 0 Å². The average molecular weight is 358 g/mol. The monoisotopic (exact) mass is 358 g/mol. The molecule has 0 bridgehead atoms. The largest absolute Gasteiger partial charge is 0.490 e. The summed E-state index contributed by atoms with van der Waals surface area (Å²) in [6.07, 6.45) is -0.522. The van der Waals surface area contributed by atoms with Crippen molar-refractivity contribution in [1.82, 2.24) is 4.90 Å². The molecule has 26 heavy (non-hydrogen) atoms. The fraction of sp³-hybridized carbons (Fsp3) is 0.429. The Labute approximate surface area is 154 Å². The lowest BCUT2D eigenvalue weighted by molar-refractivity contribution is 0.0658. The number of nitrogens with zero attached hydrogens (tertiary/aromatic N) is 2. The van der Waals surface area contributed by atoms with E-state index in [-0.39, 0.29) is 5.82 Å². The van der Waals surface area contributed by atoms with Gasteiger partial charge in [0.05, 0.1) is 0 Å². The van der Waals surface area contributed by atoms with E-state index in [9.17, 15) is 9.50 Å². The molecule has 0 saturated carbocycles. The van der Waals surface area contributed by atoms with E-state index in [4.69, 9.17) is 4.74 Å². The first-order valence-corrected chi connectivity index (χ1v) is 9.13. The Kier molecular flexibility index (Phi) is 6.12. The smallest absolute Gasteiger partial charge is 0.125 e. The predicted molar refractivity (Wildman–Crippen MR) is 102 cm³/mol. The first-order chi connectivity index (χ1) is 12.5. The van der Waals surface area contributed by atoms with Crippen LogP contribution in [0.2, 0.25) is 0 Å². The summed E-state index contributed by atoms with van der Waals surface area (Å²) in [5.74, 6) is 0.659. The first kappa shape index (κ1) is 18.7. The third-order valence-electron chi connectivity index (χ3n) is 4.86. The summed E-state index contributed by atoms with van der Waals surface area (Å²) in [5, 5.41) is 10.3. The number of hydrogen-bond donors (Lipinski definition) is 1. The number of anilines is 1. The van der Waals surface area contributed by atoms with Crippen LogP contribution in [0.15, 0.2) is 42.5 Å². The fourth-order valence-electron chi connectivity index (χ4n) is 3.40. The van der Waals surface area contributed by atoms with Gasteiger partial charge in [-0.05, 0) is 49.2 Å². The highest BCUT2D eigenvalue weighted by Crippen LogP contribution is 2.22. The number of aryl methyl sites for hydroxylation is 2. The van der Waals surface area contributed by atoms with Crippen molar-refractivity contribution >= 4 is 5.69 Å². The summed E-state index contributed by atoms with van der Waals surface area (Å²) >= 11 is 0. The second-order valence-corrected chi connectivity index (χ2v) is 6.95. The van der Waals surface area contributed by atoms with E-state index in [1.165, 1.54) is 12.1 Å². The van der Waals surface area contributed by atoms with Crippen molar-refractivity contribution in [3.05, 3.63) is 59.4 Å². The van der Waals surface area contributed by atoms with Gasteiger partial charge in [-0.2, -0.15) is 0 Å². The van der Waals surface area contributed by atoms with Gasteiger partial charge in [-0.3, -0.25) is 4.90 Å². The Balaban J connectivity index is 1.44. The molecule has 2 aromatic carbocycles. The average Bonchev–Trinajstić information content (AvgIpc) is 2.63. The molecule has 1 fully saturated rings. The number of β-amino-alcohol motifs (C(OH)–C–C–N with tert-alkyl or cyclic N) is 1. The molecule has 1 atom stereocenters. The van der Waals surface area contributed by atoms with Gasteiger partial charge in [-0.15, -0.1) is 0 Å². The zero-order chi connectivity index (χ0) is 18.5. The maximum absolute atomic E-state index is 13.0. The van der Waals surface area contributed by atoms with E-state index < -0.39 is 6.10 Å². The van der Waals surface area contributed by atoms with Gasteiger partial charge in [0.2, 0.25) is 0 Å². The van der Waals surface area contributed by atoms with E-state index in [1.54, 1.807) is 0 Å². The predicted octanol–water partition coefficient (Wildman–Crippen LogP) is 3.00. The second kappa shape index (κ2) is 8.52. The van der Waals surface area contributed by atoms with Crippen LogP contribution in [0.5, 0.6) is 5.75 Å². The zero-order valence-electron chi connectivity index (χ0n) is 15.5. The molecule has 5 heteroatoms. The van der Waals surface area contributed by atoms with Gasteiger partial charge in [0, 0.05) is 38.4 Å². The molecule has 2 aromatic rings. The van der Waals surface area contributed by atoms with Crippen LogP contribution in [0.25, 0.3) is 0 Å². The zero-order valence-corrected chi connectivity index (χ0v) is 15.5. The molecule has 0 aliphatic carbocycles. The molecule has 1 unspecified atom stereocenters. The summed E-state index contributed by atoms with van der Waals surface area (Å²) in [5.41, 5.74) is 3.22. The summed E-state index contributed by atoms with van der Waals surface area (Å²) in [7, 11) is 0. The molecular formula is C21H27FN2O2. The van der Waals surface area contributed by atoms with Crippen molar-refractivity contribution in [2.45, 2.75) is 20.0 Å². The SMILES string of the molecule is Cc1cccc(C)c1OCC(O)CN1CCN(c2ccc(F)cc2)CC1. The van der Waals surface area contributed by atoms with Gasteiger partial charge in [-0.25, -0.2) is 4.39 Å². The summed E-state index contributed by atoms with van der Waals surface area (Å²) in [6, 6.07) is 12.7. The molecule has 1 saturated heterocycles. The van der Waals surface area contributed by atoms with Crippen molar-refractivity contribution in [3.8, 4) is 5.75 Å². The lowest BCUT2D eigenvalue weighted by atomic mass is 10.1. The van der Waals surface area contributed by atoms with Crippen LogP contribution >= 0.6 is 0 Å². The van der Waals surface area contributed by atoms with E-state index in [0.29, 0.717) is 13.2 Å². The highest BCUT2D eigenvalue weighted by atomic mass is 19.1. The molecule has 0 aromatic heterocycles.